The van der Waals surface area contributed by atoms with Crippen LogP contribution in [-0.4, -0.2) is 23.5 Å². The molecule has 3 aromatic rings. The smallest absolute Gasteiger partial charge is 0.361 e. The number of para-hydroxylation sites is 1. The second kappa shape index (κ2) is 7.15. The van der Waals surface area contributed by atoms with Gasteiger partial charge >= 0.3 is 6.18 Å². The van der Waals surface area contributed by atoms with Gasteiger partial charge in [-0.25, -0.2) is 0 Å². The van der Waals surface area contributed by atoms with Crippen LogP contribution in [0.3, 0.4) is 0 Å². The van der Waals surface area contributed by atoms with Crippen molar-refractivity contribution in [3.8, 4) is 0 Å². The number of aromatic amines is 1. The molecule has 25 heavy (non-hydrogen) atoms. The second-order valence-corrected chi connectivity index (χ2v) is 6.04. The Balaban J connectivity index is 1.68. The van der Waals surface area contributed by atoms with Gasteiger partial charge in [-0.3, -0.25) is 4.90 Å². The first-order valence-electron chi connectivity index (χ1n) is 8.01. The third-order valence-electron chi connectivity index (χ3n) is 4.09. The predicted molar refractivity (Wildman–Crippen MR) is 95.1 cm³/mol. The van der Waals surface area contributed by atoms with Crippen LogP contribution in [0.4, 0.5) is 13.2 Å². The number of nitrogens with one attached hydrogen (secondary N) is 1. The van der Waals surface area contributed by atoms with Gasteiger partial charge < -0.3 is 4.98 Å². The van der Waals surface area contributed by atoms with E-state index in [9.17, 15) is 13.2 Å². The molecular formula is C20H19F3N2. The fraction of sp³-hybridized carbons (Fsp3) is 0.200. The molecular weight excluding hydrogens is 325 g/mol. The molecule has 1 N–H and O–H groups in total. The van der Waals surface area contributed by atoms with Gasteiger partial charge in [0.25, 0.3) is 0 Å². The number of halogens is 3. The van der Waals surface area contributed by atoms with E-state index in [4.69, 9.17) is 0 Å². The van der Waals surface area contributed by atoms with Gasteiger partial charge in [-0.15, -0.1) is 0 Å². The lowest BCUT2D eigenvalue weighted by Gasteiger charge is -2.15. The first kappa shape index (κ1) is 17.3. The van der Waals surface area contributed by atoms with Crippen LogP contribution in [0.5, 0.6) is 0 Å². The summed E-state index contributed by atoms with van der Waals surface area (Å²) in [5.41, 5.74) is 1.84. The SMILES string of the molecule is CN(CC=Cc1ccccc1C(F)(F)F)Cc1cccc2cc[nH]c12. The third kappa shape index (κ3) is 4.12. The largest absolute Gasteiger partial charge is 0.416 e. The molecule has 0 saturated carbocycles. The molecule has 0 aliphatic rings. The van der Waals surface area contributed by atoms with Crippen molar-refractivity contribution in [1.29, 1.82) is 0 Å². The van der Waals surface area contributed by atoms with Crippen LogP contribution in [0.2, 0.25) is 0 Å². The lowest BCUT2D eigenvalue weighted by Crippen LogP contribution is -2.17. The lowest BCUT2D eigenvalue weighted by molar-refractivity contribution is -0.137. The van der Waals surface area contributed by atoms with Crippen molar-refractivity contribution >= 4 is 17.0 Å². The highest BCUT2D eigenvalue weighted by Gasteiger charge is 2.32. The molecule has 0 radical (unpaired) electrons. The van der Waals surface area contributed by atoms with Gasteiger partial charge in [0.2, 0.25) is 0 Å². The fourth-order valence-corrected chi connectivity index (χ4v) is 2.90. The van der Waals surface area contributed by atoms with Gasteiger partial charge in [-0.2, -0.15) is 13.2 Å². The number of nitrogens with zero attached hydrogens (tertiary/aromatic N) is 1. The molecule has 0 bridgehead atoms. The molecule has 130 valence electrons. The summed E-state index contributed by atoms with van der Waals surface area (Å²) in [7, 11) is 1.95. The zero-order chi connectivity index (χ0) is 17.9. The lowest BCUT2D eigenvalue weighted by atomic mass is 10.1. The number of hydrogen-bond acceptors (Lipinski definition) is 1. The first-order valence-corrected chi connectivity index (χ1v) is 8.01. The van der Waals surface area contributed by atoms with Gasteiger partial charge in [0.1, 0.15) is 0 Å². The van der Waals surface area contributed by atoms with Crippen LogP contribution >= 0.6 is 0 Å². The number of alkyl halides is 3. The van der Waals surface area contributed by atoms with Crippen molar-refractivity contribution < 1.29 is 13.2 Å². The molecule has 0 spiro atoms. The highest BCUT2D eigenvalue weighted by atomic mass is 19.4. The van der Waals surface area contributed by atoms with E-state index in [-0.39, 0.29) is 5.56 Å². The average Bonchev–Trinajstić information content (AvgIpc) is 3.04. The van der Waals surface area contributed by atoms with Crippen molar-refractivity contribution in [2.75, 3.05) is 13.6 Å². The molecule has 2 aromatic carbocycles. The minimum absolute atomic E-state index is 0.190. The van der Waals surface area contributed by atoms with Crippen LogP contribution in [-0.2, 0) is 12.7 Å². The summed E-state index contributed by atoms with van der Waals surface area (Å²) in [6.45, 7) is 1.27. The number of benzene rings is 2. The second-order valence-electron chi connectivity index (χ2n) is 6.04. The Morgan fingerprint density at radius 2 is 1.84 bits per heavy atom. The van der Waals surface area contributed by atoms with E-state index in [0.29, 0.717) is 13.1 Å². The van der Waals surface area contributed by atoms with E-state index in [1.54, 1.807) is 12.1 Å². The van der Waals surface area contributed by atoms with Crippen molar-refractivity contribution in [1.82, 2.24) is 9.88 Å². The summed E-state index contributed by atoms with van der Waals surface area (Å²) in [4.78, 5) is 5.29. The summed E-state index contributed by atoms with van der Waals surface area (Å²) in [6, 6.07) is 13.7. The highest BCUT2D eigenvalue weighted by molar-refractivity contribution is 5.82. The molecule has 2 nitrogen and oxygen atoms in total. The maximum atomic E-state index is 13.0. The van der Waals surface area contributed by atoms with Crippen LogP contribution in [0, 0.1) is 0 Å². The van der Waals surface area contributed by atoms with Crippen LogP contribution in [0.15, 0.2) is 60.8 Å². The maximum Gasteiger partial charge on any atom is 0.416 e. The molecule has 3 rings (SSSR count). The summed E-state index contributed by atoms with van der Waals surface area (Å²) in [5, 5.41) is 1.15. The van der Waals surface area contributed by atoms with E-state index >= 15 is 0 Å². The molecule has 0 atom stereocenters. The summed E-state index contributed by atoms with van der Waals surface area (Å²) in [6.07, 6.45) is 0.867. The number of rotatable bonds is 5. The van der Waals surface area contributed by atoms with Gasteiger partial charge in [0.15, 0.2) is 0 Å². The number of likely N-dealkylation sites (N-methyl/N-ethyl adjacent to an activating group) is 1. The van der Waals surface area contributed by atoms with E-state index < -0.39 is 11.7 Å². The van der Waals surface area contributed by atoms with Crippen LogP contribution in [0.25, 0.3) is 17.0 Å². The number of fused-ring (bicyclic) bond motifs is 1. The van der Waals surface area contributed by atoms with E-state index in [2.05, 4.69) is 16.0 Å². The minimum Gasteiger partial charge on any atom is -0.361 e. The number of aromatic nitrogens is 1. The fourth-order valence-electron chi connectivity index (χ4n) is 2.90. The minimum atomic E-state index is -4.34. The Hall–Kier alpha value is -2.53. The topological polar surface area (TPSA) is 19.0 Å². The molecule has 0 fully saturated rings. The van der Waals surface area contributed by atoms with Crippen LogP contribution in [0.1, 0.15) is 16.7 Å². The third-order valence-corrected chi connectivity index (χ3v) is 4.09. The standard InChI is InChI=1S/C20H19F3N2/c1-25(14-17-8-4-7-16-11-12-24-19(16)17)13-5-9-15-6-2-3-10-18(15)20(21,22)23/h2-12,24H,13-14H2,1H3. The zero-order valence-corrected chi connectivity index (χ0v) is 13.8. The normalized spacial score (nSPS) is 12.5. The molecule has 0 saturated heterocycles. The first-order chi connectivity index (χ1) is 11.9. The Bertz CT molecular complexity index is 878. The molecule has 5 heteroatoms. The van der Waals surface area contributed by atoms with Crippen LogP contribution < -0.4 is 0 Å². The van der Waals surface area contributed by atoms with Crippen molar-refractivity contribution in [2.45, 2.75) is 12.7 Å². The number of H-pyrrole nitrogens is 1. The van der Waals surface area contributed by atoms with Crippen molar-refractivity contribution in [2.24, 2.45) is 0 Å². The summed E-state index contributed by atoms with van der Waals surface area (Å²) < 4.78 is 39.0. The summed E-state index contributed by atoms with van der Waals surface area (Å²) in [5.74, 6) is 0. The Labute approximate surface area is 144 Å². The molecule has 1 heterocycles. The molecule has 0 aliphatic heterocycles. The molecule has 1 aromatic heterocycles. The van der Waals surface area contributed by atoms with Crippen molar-refractivity contribution in [3.05, 3.63) is 77.5 Å². The molecule has 0 unspecified atom stereocenters. The van der Waals surface area contributed by atoms with Gasteiger partial charge in [-0.1, -0.05) is 48.6 Å². The van der Waals surface area contributed by atoms with E-state index in [0.717, 1.165) is 22.5 Å². The Kier molecular flexibility index (Phi) is 4.95. The molecule has 0 aliphatic carbocycles. The summed E-state index contributed by atoms with van der Waals surface area (Å²) >= 11 is 0. The quantitative estimate of drug-likeness (QED) is 0.663. The average molecular weight is 344 g/mol. The zero-order valence-electron chi connectivity index (χ0n) is 13.8. The monoisotopic (exact) mass is 344 g/mol. The van der Waals surface area contributed by atoms with Gasteiger partial charge in [0, 0.05) is 24.8 Å². The highest BCUT2D eigenvalue weighted by Crippen LogP contribution is 2.32. The molecule has 0 amide bonds. The van der Waals surface area contributed by atoms with Gasteiger partial charge in [-0.05, 0) is 35.7 Å². The van der Waals surface area contributed by atoms with Gasteiger partial charge in [0.05, 0.1) is 5.56 Å². The van der Waals surface area contributed by atoms with E-state index in [1.165, 1.54) is 18.2 Å². The maximum absolute atomic E-state index is 13.0. The van der Waals surface area contributed by atoms with Crippen molar-refractivity contribution in [3.63, 3.8) is 0 Å². The Morgan fingerprint density at radius 3 is 2.64 bits per heavy atom. The Morgan fingerprint density at radius 1 is 1.04 bits per heavy atom. The van der Waals surface area contributed by atoms with E-state index in [1.807, 2.05) is 31.4 Å². The predicted octanol–water partition coefficient (Wildman–Crippen LogP) is 5.33. The number of hydrogen-bond donors (Lipinski definition) is 1.